The molecule has 12 nitrogen and oxygen atoms in total. The third kappa shape index (κ3) is 6.59. The summed E-state index contributed by atoms with van der Waals surface area (Å²) in [5.41, 5.74) is 1.65. The molecule has 7 rings (SSSR count). The molecule has 4 aliphatic rings. The van der Waals surface area contributed by atoms with Crippen LogP contribution in [0.3, 0.4) is 0 Å². The van der Waals surface area contributed by atoms with Crippen LogP contribution in [0.2, 0.25) is 0 Å². The van der Waals surface area contributed by atoms with E-state index in [0.29, 0.717) is 49.0 Å². The van der Waals surface area contributed by atoms with Crippen LogP contribution in [0.15, 0.2) is 59.1 Å². The summed E-state index contributed by atoms with van der Waals surface area (Å²) in [5.74, 6) is 0.675. The predicted octanol–water partition coefficient (Wildman–Crippen LogP) is 4.15. The molecule has 258 valence electrons. The lowest BCUT2D eigenvalue weighted by atomic mass is 9.98. The Kier molecular flexibility index (Phi) is 9.01. The molecule has 1 aromatic heterocycles. The van der Waals surface area contributed by atoms with Crippen molar-refractivity contribution in [3.05, 3.63) is 54.7 Å². The fraction of sp³-hybridized carbons (Fsp3) is 0.486. The van der Waals surface area contributed by atoms with Gasteiger partial charge in [-0.1, -0.05) is 0 Å². The van der Waals surface area contributed by atoms with Crippen LogP contribution in [0.1, 0.15) is 65.2 Å². The first-order valence-electron chi connectivity index (χ1n) is 17.5. The Morgan fingerprint density at radius 3 is 1.63 bits per heavy atom. The van der Waals surface area contributed by atoms with Gasteiger partial charge in [0.15, 0.2) is 5.76 Å². The smallest absolute Gasteiger partial charge is 0.247 e. The summed E-state index contributed by atoms with van der Waals surface area (Å²) < 4.78 is 6.07. The van der Waals surface area contributed by atoms with Crippen molar-refractivity contribution < 1.29 is 23.6 Å². The van der Waals surface area contributed by atoms with E-state index in [0.717, 1.165) is 62.7 Å². The van der Waals surface area contributed by atoms with Gasteiger partial charge in [-0.3, -0.25) is 19.2 Å². The molecule has 0 spiro atoms. The van der Waals surface area contributed by atoms with Crippen molar-refractivity contribution in [2.75, 3.05) is 36.8 Å². The lowest BCUT2D eigenvalue weighted by molar-refractivity contribution is -0.141. The zero-order valence-electron chi connectivity index (χ0n) is 28.2. The van der Waals surface area contributed by atoms with Crippen molar-refractivity contribution in [2.24, 2.45) is 0 Å². The molecule has 5 heterocycles. The molecule has 0 radical (unpaired) electrons. The standard InChI is InChI=1S/C37H45N7O5/c1-36(17-5-19-39-36)34(47)43-21-3-7-28(43)31(45)41-26-13-9-24(10-14-26)30-23-38-33(49-30)25-11-15-27(16-12-25)42-32(46)29-8-4-22-44(29)35(48)37(2)18-6-20-40-37/h9-16,23,28-29,39-40H,3-8,17-22H2,1-2H3,(H,41,45)(H,42,46). The van der Waals surface area contributed by atoms with Crippen molar-refractivity contribution in [3.8, 4) is 22.8 Å². The van der Waals surface area contributed by atoms with Crippen LogP contribution in [0, 0.1) is 0 Å². The maximum absolute atomic E-state index is 13.3. The molecule has 4 aliphatic heterocycles. The molecule has 2 aromatic carbocycles. The predicted molar refractivity (Wildman–Crippen MR) is 185 cm³/mol. The molecule has 4 fully saturated rings. The van der Waals surface area contributed by atoms with E-state index in [1.807, 2.05) is 50.2 Å². The normalized spacial score (nSPS) is 26.7. The number of carbonyl (C=O) groups is 4. The molecular formula is C37H45N7O5. The van der Waals surface area contributed by atoms with Gasteiger partial charge in [0.1, 0.15) is 12.1 Å². The number of nitrogens with zero attached hydrogens (tertiary/aromatic N) is 3. The van der Waals surface area contributed by atoms with Crippen LogP contribution < -0.4 is 21.3 Å². The zero-order chi connectivity index (χ0) is 34.2. The van der Waals surface area contributed by atoms with Crippen LogP contribution in [0.4, 0.5) is 11.4 Å². The van der Waals surface area contributed by atoms with Gasteiger partial charge in [0, 0.05) is 35.6 Å². The molecule has 0 bridgehead atoms. The van der Waals surface area contributed by atoms with Crippen molar-refractivity contribution in [3.63, 3.8) is 0 Å². The van der Waals surface area contributed by atoms with Crippen molar-refractivity contribution in [1.29, 1.82) is 0 Å². The van der Waals surface area contributed by atoms with E-state index in [-0.39, 0.29) is 23.6 Å². The summed E-state index contributed by atoms with van der Waals surface area (Å²) in [6.45, 7) is 6.69. The van der Waals surface area contributed by atoms with E-state index in [1.54, 1.807) is 28.1 Å². The van der Waals surface area contributed by atoms with Gasteiger partial charge in [0.05, 0.1) is 17.3 Å². The Bertz CT molecular complexity index is 1580. The van der Waals surface area contributed by atoms with Crippen LogP contribution in [0.25, 0.3) is 22.8 Å². The Morgan fingerprint density at radius 1 is 0.714 bits per heavy atom. The average Bonchev–Trinajstić information content (AvgIpc) is 3.95. The third-order valence-electron chi connectivity index (χ3n) is 10.7. The van der Waals surface area contributed by atoms with Crippen LogP contribution in [0.5, 0.6) is 0 Å². The Hall–Kier alpha value is -4.55. The van der Waals surface area contributed by atoms with Crippen LogP contribution >= 0.6 is 0 Å². The number of rotatable bonds is 8. The second kappa shape index (κ2) is 13.4. The van der Waals surface area contributed by atoms with Gasteiger partial charge in [-0.2, -0.15) is 0 Å². The van der Waals surface area contributed by atoms with Gasteiger partial charge < -0.3 is 35.5 Å². The molecule has 4 unspecified atom stereocenters. The molecule has 0 saturated carbocycles. The Labute approximate surface area is 286 Å². The fourth-order valence-electron chi connectivity index (χ4n) is 7.76. The number of aromatic nitrogens is 1. The number of nitrogens with one attached hydrogen (secondary N) is 4. The van der Waals surface area contributed by atoms with Gasteiger partial charge in [0.25, 0.3) is 0 Å². The number of oxazole rings is 1. The van der Waals surface area contributed by atoms with E-state index < -0.39 is 23.2 Å². The summed E-state index contributed by atoms with van der Waals surface area (Å²) in [6.07, 6.45) is 8.06. The topological polar surface area (TPSA) is 149 Å². The third-order valence-corrected chi connectivity index (χ3v) is 10.7. The SMILES string of the molecule is CC1(C(=O)N2CCCC2C(=O)Nc2ccc(-c3cnc(-c4ccc(NC(=O)C5CCCN5C(=O)C5(C)CCCN5)cc4)o3)cc2)CCCN1. The summed E-state index contributed by atoms with van der Waals surface area (Å²) in [6, 6.07) is 13.7. The maximum Gasteiger partial charge on any atom is 0.247 e. The molecule has 4 saturated heterocycles. The van der Waals surface area contributed by atoms with Crippen LogP contribution in [-0.2, 0) is 19.2 Å². The highest BCUT2D eigenvalue weighted by molar-refractivity contribution is 6.00. The van der Waals surface area contributed by atoms with Gasteiger partial charge in [-0.25, -0.2) is 4.98 Å². The first-order valence-corrected chi connectivity index (χ1v) is 17.5. The number of hydrogen-bond donors (Lipinski definition) is 4. The van der Waals surface area contributed by atoms with Crippen molar-refractivity contribution in [1.82, 2.24) is 25.4 Å². The van der Waals surface area contributed by atoms with Gasteiger partial charge in [-0.15, -0.1) is 0 Å². The van der Waals surface area contributed by atoms with E-state index in [1.165, 1.54) is 0 Å². The molecule has 4 atom stereocenters. The molecule has 0 aliphatic carbocycles. The first-order chi connectivity index (χ1) is 23.6. The van der Waals surface area contributed by atoms with E-state index in [9.17, 15) is 19.2 Å². The van der Waals surface area contributed by atoms with E-state index in [4.69, 9.17) is 4.42 Å². The monoisotopic (exact) mass is 667 g/mol. The second-order valence-electron chi connectivity index (χ2n) is 14.2. The quantitative estimate of drug-likeness (QED) is 0.280. The number of benzene rings is 2. The lowest BCUT2D eigenvalue weighted by Gasteiger charge is -2.32. The fourth-order valence-corrected chi connectivity index (χ4v) is 7.76. The van der Waals surface area contributed by atoms with Crippen molar-refractivity contribution >= 4 is 35.0 Å². The highest BCUT2D eigenvalue weighted by atomic mass is 16.4. The molecule has 4 amide bonds. The molecule has 3 aromatic rings. The Balaban J connectivity index is 0.946. The molecular weight excluding hydrogens is 622 g/mol. The highest BCUT2D eigenvalue weighted by Crippen LogP contribution is 2.31. The number of carbonyl (C=O) groups excluding carboxylic acids is 4. The largest absolute Gasteiger partial charge is 0.436 e. The van der Waals surface area contributed by atoms with Gasteiger partial charge in [0.2, 0.25) is 29.5 Å². The maximum atomic E-state index is 13.3. The first kappa shape index (κ1) is 33.0. The molecule has 4 N–H and O–H groups in total. The van der Waals surface area contributed by atoms with E-state index >= 15 is 0 Å². The average molecular weight is 668 g/mol. The highest BCUT2D eigenvalue weighted by Gasteiger charge is 2.45. The summed E-state index contributed by atoms with van der Waals surface area (Å²) in [4.78, 5) is 60.9. The number of hydrogen-bond acceptors (Lipinski definition) is 8. The minimum Gasteiger partial charge on any atom is -0.436 e. The van der Waals surface area contributed by atoms with Crippen molar-refractivity contribution in [2.45, 2.75) is 88.4 Å². The van der Waals surface area contributed by atoms with E-state index in [2.05, 4.69) is 26.3 Å². The lowest BCUT2D eigenvalue weighted by Crippen LogP contribution is -2.56. The summed E-state index contributed by atoms with van der Waals surface area (Å²) >= 11 is 0. The van der Waals surface area contributed by atoms with Crippen LogP contribution in [-0.4, -0.2) is 87.8 Å². The number of anilines is 2. The van der Waals surface area contributed by atoms with Gasteiger partial charge >= 0.3 is 0 Å². The molecule has 49 heavy (non-hydrogen) atoms. The second-order valence-corrected chi connectivity index (χ2v) is 14.2. The zero-order valence-corrected chi connectivity index (χ0v) is 28.2. The minimum atomic E-state index is -0.595. The Morgan fingerprint density at radius 2 is 1.18 bits per heavy atom. The number of amides is 4. The summed E-state index contributed by atoms with van der Waals surface area (Å²) in [5, 5.41) is 12.6. The minimum absolute atomic E-state index is 0.00687. The molecule has 12 heteroatoms. The summed E-state index contributed by atoms with van der Waals surface area (Å²) in [7, 11) is 0. The number of likely N-dealkylation sites (tertiary alicyclic amines) is 2. The van der Waals surface area contributed by atoms with Gasteiger partial charge in [-0.05, 0) is 127 Å².